The Morgan fingerprint density at radius 3 is 2.28 bits per heavy atom. The number of amides is 4. The van der Waals surface area contributed by atoms with Crippen LogP contribution in [0.25, 0.3) is 0 Å². The lowest BCUT2D eigenvalue weighted by Crippen LogP contribution is -2.73. The standard InChI is InChI=1S/C25H38N4O3/c1-7-10-29-22(30)20(13-16(2)3)26-23(31)25(29)8-11-28(12-9-25)24(32)27-21-18(5)14-17(4)15-19(21)6/h14-16,20H,7-13H2,1-6H3,(H,26,31)(H,27,32). The Kier molecular flexibility index (Phi) is 7.16. The summed E-state index contributed by atoms with van der Waals surface area (Å²) in [5.74, 6) is 0.270. The van der Waals surface area contributed by atoms with Crippen LogP contribution in [0.15, 0.2) is 12.1 Å². The molecule has 2 saturated heterocycles. The molecule has 176 valence electrons. The van der Waals surface area contributed by atoms with Gasteiger partial charge in [0.2, 0.25) is 11.8 Å². The molecule has 1 aromatic rings. The number of urea groups is 1. The predicted octanol–water partition coefficient (Wildman–Crippen LogP) is 3.76. The second-order valence-electron chi connectivity index (χ2n) is 9.87. The van der Waals surface area contributed by atoms with Crippen molar-refractivity contribution in [1.29, 1.82) is 0 Å². The molecular weight excluding hydrogens is 404 g/mol. The molecule has 1 spiro atoms. The number of hydrogen-bond donors (Lipinski definition) is 2. The van der Waals surface area contributed by atoms with E-state index in [0.717, 1.165) is 28.8 Å². The molecule has 2 aliphatic rings. The SMILES string of the molecule is CCCN1C(=O)C(CC(C)C)NC(=O)C12CCN(C(=O)Nc1c(C)cc(C)cc1C)CC2. The third-order valence-electron chi connectivity index (χ3n) is 6.75. The average Bonchev–Trinajstić information content (AvgIpc) is 2.72. The van der Waals surface area contributed by atoms with E-state index in [2.05, 4.69) is 36.6 Å². The van der Waals surface area contributed by atoms with Gasteiger partial charge in [-0.3, -0.25) is 9.59 Å². The summed E-state index contributed by atoms with van der Waals surface area (Å²) in [6.45, 7) is 13.6. The van der Waals surface area contributed by atoms with Gasteiger partial charge in [-0.25, -0.2) is 4.79 Å². The van der Waals surface area contributed by atoms with E-state index in [4.69, 9.17) is 0 Å². The van der Waals surface area contributed by atoms with Crippen LogP contribution < -0.4 is 10.6 Å². The number of nitrogens with one attached hydrogen (secondary N) is 2. The molecule has 7 heteroatoms. The lowest BCUT2D eigenvalue weighted by atomic mass is 9.81. The van der Waals surface area contributed by atoms with Gasteiger partial charge >= 0.3 is 6.03 Å². The molecule has 0 saturated carbocycles. The molecule has 1 aromatic carbocycles. The molecule has 0 aromatic heterocycles. The molecule has 0 aliphatic carbocycles. The van der Waals surface area contributed by atoms with Gasteiger partial charge in [0.25, 0.3) is 0 Å². The van der Waals surface area contributed by atoms with Crippen LogP contribution in [0.3, 0.4) is 0 Å². The molecule has 1 atom stereocenters. The largest absolute Gasteiger partial charge is 0.342 e. The van der Waals surface area contributed by atoms with Gasteiger partial charge in [0.05, 0.1) is 0 Å². The van der Waals surface area contributed by atoms with E-state index < -0.39 is 11.6 Å². The topological polar surface area (TPSA) is 81.8 Å². The summed E-state index contributed by atoms with van der Waals surface area (Å²) in [7, 11) is 0. The van der Waals surface area contributed by atoms with Crippen LogP contribution in [0.1, 0.15) is 63.1 Å². The normalized spacial score (nSPS) is 20.7. The van der Waals surface area contributed by atoms with Crippen LogP contribution in [0.2, 0.25) is 0 Å². The molecule has 7 nitrogen and oxygen atoms in total. The summed E-state index contributed by atoms with van der Waals surface area (Å²) in [5.41, 5.74) is 3.22. The first-order valence-corrected chi connectivity index (χ1v) is 11.8. The van der Waals surface area contributed by atoms with Crippen LogP contribution in [0, 0.1) is 26.7 Å². The monoisotopic (exact) mass is 442 g/mol. The van der Waals surface area contributed by atoms with Crippen molar-refractivity contribution in [3.63, 3.8) is 0 Å². The maximum Gasteiger partial charge on any atom is 0.321 e. The van der Waals surface area contributed by atoms with Crippen LogP contribution in [-0.4, -0.2) is 58.9 Å². The summed E-state index contributed by atoms with van der Waals surface area (Å²) in [5, 5.41) is 6.06. The third-order valence-corrected chi connectivity index (χ3v) is 6.75. The number of rotatable bonds is 5. The van der Waals surface area contributed by atoms with Gasteiger partial charge in [0, 0.05) is 25.3 Å². The second-order valence-corrected chi connectivity index (χ2v) is 9.87. The number of aryl methyl sites for hydroxylation is 3. The predicted molar refractivity (Wildman–Crippen MR) is 127 cm³/mol. The Balaban J connectivity index is 1.73. The van der Waals surface area contributed by atoms with E-state index in [0.29, 0.717) is 44.8 Å². The molecule has 2 heterocycles. The van der Waals surface area contributed by atoms with Crippen molar-refractivity contribution in [2.75, 3.05) is 25.0 Å². The number of carbonyl (C=O) groups excluding carboxylic acids is 3. The third kappa shape index (κ3) is 4.62. The number of carbonyl (C=O) groups is 3. The van der Waals surface area contributed by atoms with E-state index in [1.54, 1.807) is 4.90 Å². The molecule has 1 unspecified atom stereocenters. The Bertz CT molecular complexity index is 864. The first-order chi connectivity index (χ1) is 15.1. The van der Waals surface area contributed by atoms with Gasteiger partial charge in [-0.1, -0.05) is 38.5 Å². The van der Waals surface area contributed by atoms with Gasteiger partial charge in [0.1, 0.15) is 11.6 Å². The highest BCUT2D eigenvalue weighted by Crippen LogP contribution is 2.34. The van der Waals surface area contributed by atoms with Crippen LogP contribution in [0.4, 0.5) is 10.5 Å². The van der Waals surface area contributed by atoms with E-state index in [1.165, 1.54) is 0 Å². The zero-order valence-electron chi connectivity index (χ0n) is 20.4. The quantitative estimate of drug-likeness (QED) is 0.728. The number of anilines is 1. The van der Waals surface area contributed by atoms with Gasteiger partial charge in [-0.15, -0.1) is 0 Å². The number of benzene rings is 1. The molecule has 0 bridgehead atoms. The van der Waals surface area contributed by atoms with Crippen molar-refractivity contribution in [2.24, 2.45) is 5.92 Å². The maximum absolute atomic E-state index is 13.3. The molecule has 2 N–H and O–H groups in total. The first kappa shape index (κ1) is 24.1. The summed E-state index contributed by atoms with van der Waals surface area (Å²) in [4.78, 5) is 43.1. The minimum Gasteiger partial charge on any atom is -0.342 e. The molecule has 2 aliphatic heterocycles. The van der Waals surface area contributed by atoms with Crippen LogP contribution in [-0.2, 0) is 9.59 Å². The summed E-state index contributed by atoms with van der Waals surface area (Å²) in [6.07, 6.45) is 2.35. The van der Waals surface area contributed by atoms with Crippen molar-refractivity contribution in [3.05, 3.63) is 28.8 Å². The van der Waals surface area contributed by atoms with Gasteiger partial charge in [0.15, 0.2) is 0 Å². The fourth-order valence-electron chi connectivity index (χ4n) is 5.19. The van der Waals surface area contributed by atoms with Crippen molar-refractivity contribution in [1.82, 2.24) is 15.1 Å². The second kappa shape index (κ2) is 9.51. The number of piperazine rings is 1. The number of piperidine rings is 1. The van der Waals surface area contributed by atoms with Gasteiger partial charge in [-0.2, -0.15) is 0 Å². The fraction of sp³-hybridized carbons (Fsp3) is 0.640. The summed E-state index contributed by atoms with van der Waals surface area (Å²) < 4.78 is 0. The van der Waals surface area contributed by atoms with Gasteiger partial charge < -0.3 is 20.4 Å². The van der Waals surface area contributed by atoms with Crippen molar-refractivity contribution in [3.8, 4) is 0 Å². The average molecular weight is 443 g/mol. The Morgan fingerprint density at radius 2 is 1.75 bits per heavy atom. The Hall–Kier alpha value is -2.57. The smallest absolute Gasteiger partial charge is 0.321 e. The minimum atomic E-state index is -0.854. The molecule has 32 heavy (non-hydrogen) atoms. The van der Waals surface area contributed by atoms with Gasteiger partial charge in [-0.05, 0) is 63.5 Å². The zero-order valence-corrected chi connectivity index (χ0v) is 20.4. The zero-order chi connectivity index (χ0) is 23.6. The van der Waals surface area contributed by atoms with Crippen LogP contribution in [0.5, 0.6) is 0 Å². The molecule has 3 rings (SSSR count). The number of hydrogen-bond acceptors (Lipinski definition) is 3. The molecule has 0 radical (unpaired) electrons. The lowest BCUT2D eigenvalue weighted by molar-refractivity contribution is -0.161. The van der Waals surface area contributed by atoms with Crippen LogP contribution >= 0.6 is 0 Å². The highest BCUT2D eigenvalue weighted by Gasteiger charge is 2.53. The highest BCUT2D eigenvalue weighted by molar-refractivity contribution is 6.00. The molecular formula is C25H38N4O3. The highest BCUT2D eigenvalue weighted by atomic mass is 16.2. The Labute approximate surface area is 191 Å². The van der Waals surface area contributed by atoms with Crippen molar-refractivity contribution in [2.45, 2.75) is 78.8 Å². The molecule has 4 amide bonds. The van der Waals surface area contributed by atoms with E-state index in [-0.39, 0.29) is 17.8 Å². The van der Waals surface area contributed by atoms with E-state index >= 15 is 0 Å². The minimum absolute atomic E-state index is 0.0176. The number of likely N-dealkylation sites (tertiary alicyclic amines) is 1. The number of nitrogens with zero attached hydrogens (tertiary/aromatic N) is 2. The fourth-order valence-corrected chi connectivity index (χ4v) is 5.19. The van der Waals surface area contributed by atoms with E-state index in [9.17, 15) is 14.4 Å². The summed E-state index contributed by atoms with van der Waals surface area (Å²) in [6, 6.07) is 3.51. The maximum atomic E-state index is 13.3. The summed E-state index contributed by atoms with van der Waals surface area (Å²) >= 11 is 0. The first-order valence-electron chi connectivity index (χ1n) is 11.8. The van der Waals surface area contributed by atoms with Crippen molar-refractivity contribution < 1.29 is 14.4 Å². The van der Waals surface area contributed by atoms with Crippen molar-refractivity contribution >= 4 is 23.5 Å². The van der Waals surface area contributed by atoms with E-state index in [1.807, 2.05) is 32.6 Å². The Morgan fingerprint density at radius 1 is 1.16 bits per heavy atom. The molecule has 2 fully saturated rings. The lowest BCUT2D eigenvalue weighted by Gasteiger charge is -2.51.